The number of piperidine rings is 1. The summed E-state index contributed by atoms with van der Waals surface area (Å²) in [6.07, 6.45) is 7.53. The molecule has 1 aromatic carbocycles. The Morgan fingerprint density at radius 2 is 1.97 bits per heavy atom. The normalized spacial score (nSPS) is 22.5. The number of nitrogens with one attached hydrogen (secondary N) is 1. The number of hydrogen-bond donors (Lipinski definition) is 2. The molecule has 0 amide bonds. The number of aryl methyl sites for hydroxylation is 2. The zero-order valence-corrected chi connectivity index (χ0v) is 19.0. The smallest absolute Gasteiger partial charge is 0.261 e. The summed E-state index contributed by atoms with van der Waals surface area (Å²) in [6, 6.07) is 9.03. The van der Waals surface area contributed by atoms with Crippen LogP contribution in [0.1, 0.15) is 56.8 Å². The Hall–Kier alpha value is -2.51. The van der Waals surface area contributed by atoms with Gasteiger partial charge in [-0.1, -0.05) is 43.0 Å². The van der Waals surface area contributed by atoms with Crippen LogP contribution in [0, 0.1) is 6.92 Å². The van der Waals surface area contributed by atoms with Crippen molar-refractivity contribution in [2.24, 2.45) is 0 Å². The molecule has 1 saturated carbocycles. The topological polar surface area (TPSA) is 87.3 Å². The van der Waals surface area contributed by atoms with Crippen LogP contribution in [-0.2, 0) is 6.42 Å². The van der Waals surface area contributed by atoms with E-state index >= 15 is 0 Å². The van der Waals surface area contributed by atoms with E-state index in [0.717, 1.165) is 41.7 Å². The minimum absolute atomic E-state index is 0.135. The largest absolute Gasteiger partial charge is 0.390 e. The summed E-state index contributed by atoms with van der Waals surface area (Å²) in [5.41, 5.74) is 2.95. The average molecular weight is 436 g/mol. The van der Waals surface area contributed by atoms with Gasteiger partial charge in [0.2, 0.25) is 0 Å². The van der Waals surface area contributed by atoms with Gasteiger partial charge in [-0.15, -0.1) is 0 Å². The van der Waals surface area contributed by atoms with E-state index in [4.69, 9.17) is 9.51 Å². The molecule has 2 fully saturated rings. The second kappa shape index (κ2) is 9.16. The Balaban J connectivity index is 1.43. The van der Waals surface area contributed by atoms with Gasteiger partial charge in [-0.25, -0.2) is 4.98 Å². The van der Waals surface area contributed by atoms with Crippen molar-refractivity contribution in [1.82, 2.24) is 20.4 Å². The van der Waals surface area contributed by atoms with Gasteiger partial charge in [-0.3, -0.25) is 0 Å². The summed E-state index contributed by atoms with van der Waals surface area (Å²) in [5.74, 6) is 1.98. The second-order valence-electron chi connectivity index (χ2n) is 9.34. The Labute approximate surface area is 189 Å². The summed E-state index contributed by atoms with van der Waals surface area (Å²) < 4.78 is 5.60. The summed E-state index contributed by atoms with van der Waals surface area (Å²) in [7, 11) is 0. The van der Waals surface area contributed by atoms with E-state index in [1.54, 1.807) is 0 Å². The molecule has 1 aliphatic carbocycles. The first-order valence-corrected chi connectivity index (χ1v) is 12.0. The van der Waals surface area contributed by atoms with Crippen LogP contribution in [0.4, 0.5) is 5.82 Å². The van der Waals surface area contributed by atoms with Crippen molar-refractivity contribution in [3.63, 3.8) is 0 Å². The van der Waals surface area contributed by atoms with Crippen molar-refractivity contribution in [1.29, 1.82) is 0 Å². The number of pyridine rings is 1. The Kier molecular flexibility index (Phi) is 6.11. The van der Waals surface area contributed by atoms with Crippen LogP contribution in [0.2, 0.25) is 0 Å². The van der Waals surface area contributed by atoms with Gasteiger partial charge < -0.3 is 19.8 Å². The maximum Gasteiger partial charge on any atom is 0.261 e. The number of fused-ring (bicyclic) bond motifs is 1. The molecular formula is C25H33N5O2. The molecule has 0 unspecified atom stereocenters. The van der Waals surface area contributed by atoms with Gasteiger partial charge in [0.15, 0.2) is 5.82 Å². The number of β-amino-alcohol motifs (C(OH)–C–C–N with tert-alkyl or cyclic N) is 1. The molecule has 2 N–H and O–H groups in total. The van der Waals surface area contributed by atoms with Gasteiger partial charge in [0, 0.05) is 37.0 Å². The Bertz CT molecular complexity index is 1080. The highest BCUT2D eigenvalue weighted by molar-refractivity contribution is 5.88. The molecule has 0 spiro atoms. The lowest BCUT2D eigenvalue weighted by Crippen LogP contribution is -2.55. The van der Waals surface area contributed by atoms with Crippen LogP contribution in [0.5, 0.6) is 0 Å². The van der Waals surface area contributed by atoms with Gasteiger partial charge in [-0.2, -0.15) is 4.98 Å². The van der Waals surface area contributed by atoms with E-state index in [0.29, 0.717) is 24.3 Å². The summed E-state index contributed by atoms with van der Waals surface area (Å²) in [4.78, 5) is 11.7. The molecule has 5 rings (SSSR count). The first kappa shape index (κ1) is 21.3. The summed E-state index contributed by atoms with van der Waals surface area (Å²) in [5, 5.41) is 19.9. The zero-order chi connectivity index (χ0) is 22.1. The predicted octanol–water partition coefficient (Wildman–Crippen LogP) is 4.02. The third-order valence-electron chi connectivity index (χ3n) is 6.90. The highest BCUT2D eigenvalue weighted by Crippen LogP contribution is 2.34. The average Bonchev–Trinajstić information content (AvgIpc) is 3.29. The number of nitrogens with zero attached hydrogens (tertiary/aromatic N) is 4. The maximum absolute atomic E-state index is 11.0. The molecule has 3 heterocycles. The van der Waals surface area contributed by atoms with Crippen molar-refractivity contribution in [2.75, 3.05) is 18.0 Å². The predicted molar refractivity (Wildman–Crippen MR) is 126 cm³/mol. The molecule has 1 aliphatic heterocycles. The zero-order valence-electron chi connectivity index (χ0n) is 19.0. The number of aliphatic hydroxyl groups is 1. The molecule has 7 heteroatoms. The molecule has 170 valence electrons. The number of rotatable bonds is 5. The molecule has 3 aromatic rings. The van der Waals surface area contributed by atoms with Gasteiger partial charge in [0.05, 0.1) is 17.2 Å². The first-order chi connectivity index (χ1) is 15.6. The molecular weight excluding hydrogens is 402 g/mol. The van der Waals surface area contributed by atoms with E-state index in [2.05, 4.69) is 51.5 Å². The Morgan fingerprint density at radius 3 is 2.72 bits per heavy atom. The van der Waals surface area contributed by atoms with Gasteiger partial charge in [0.1, 0.15) is 5.82 Å². The highest BCUT2D eigenvalue weighted by Gasteiger charge is 2.32. The standard InChI is InChI=1S/C25H33N5O2/c1-3-23-28-25(32-29-23)19-14-17-13-16(2)9-10-20(17)27-24(19)30-12-11-21(22(31)15-30)26-18-7-5-4-6-8-18/h9-10,13-14,18,21-22,26,31H,3-8,11-12,15H2,1-2H3/t21-,22+/m0/s1. The van der Waals surface area contributed by atoms with Crippen LogP contribution < -0.4 is 10.2 Å². The molecule has 1 saturated heterocycles. The van der Waals surface area contributed by atoms with Crippen LogP contribution in [-0.4, -0.2) is 51.5 Å². The highest BCUT2D eigenvalue weighted by atomic mass is 16.5. The Morgan fingerprint density at radius 1 is 1.12 bits per heavy atom. The molecule has 0 bridgehead atoms. The van der Waals surface area contributed by atoms with Crippen LogP contribution in [0.15, 0.2) is 28.8 Å². The van der Waals surface area contributed by atoms with Gasteiger partial charge >= 0.3 is 0 Å². The molecule has 7 nitrogen and oxygen atoms in total. The minimum atomic E-state index is -0.442. The van der Waals surface area contributed by atoms with E-state index < -0.39 is 6.10 Å². The van der Waals surface area contributed by atoms with E-state index in [1.165, 1.54) is 37.7 Å². The fourth-order valence-corrected chi connectivity index (χ4v) is 5.08. The third-order valence-corrected chi connectivity index (χ3v) is 6.90. The molecule has 0 radical (unpaired) electrons. The molecule has 2 aromatic heterocycles. The minimum Gasteiger partial charge on any atom is -0.390 e. The molecule has 2 aliphatic rings. The number of hydrogen-bond acceptors (Lipinski definition) is 7. The van der Waals surface area contributed by atoms with Crippen LogP contribution in [0.3, 0.4) is 0 Å². The van der Waals surface area contributed by atoms with E-state index in [1.807, 2.05) is 6.92 Å². The van der Waals surface area contributed by atoms with E-state index in [-0.39, 0.29) is 6.04 Å². The SMILES string of the molecule is CCc1noc(-c2cc3cc(C)ccc3nc2N2CC[C@H](NC3CCCCC3)[C@H](O)C2)n1. The number of aromatic nitrogens is 3. The third kappa shape index (κ3) is 4.36. The summed E-state index contributed by atoms with van der Waals surface area (Å²) in [6.45, 7) is 5.46. The van der Waals surface area contributed by atoms with Crippen LogP contribution in [0.25, 0.3) is 22.4 Å². The lowest BCUT2D eigenvalue weighted by molar-refractivity contribution is 0.103. The molecule has 32 heavy (non-hydrogen) atoms. The van der Waals surface area contributed by atoms with Crippen molar-refractivity contribution in [2.45, 2.75) is 77.0 Å². The quantitative estimate of drug-likeness (QED) is 0.626. The fraction of sp³-hybridized carbons (Fsp3) is 0.560. The van der Waals surface area contributed by atoms with Gasteiger partial charge in [0.25, 0.3) is 5.89 Å². The van der Waals surface area contributed by atoms with Crippen LogP contribution >= 0.6 is 0 Å². The fourth-order valence-electron chi connectivity index (χ4n) is 5.08. The number of benzene rings is 1. The number of anilines is 1. The lowest BCUT2D eigenvalue weighted by Gasteiger charge is -2.39. The monoisotopic (exact) mass is 435 g/mol. The lowest BCUT2D eigenvalue weighted by atomic mass is 9.92. The van der Waals surface area contributed by atoms with Crippen molar-refractivity contribution >= 4 is 16.7 Å². The number of aliphatic hydroxyl groups excluding tert-OH is 1. The van der Waals surface area contributed by atoms with Crippen molar-refractivity contribution < 1.29 is 9.63 Å². The van der Waals surface area contributed by atoms with Gasteiger partial charge in [-0.05, 0) is 44.4 Å². The van der Waals surface area contributed by atoms with E-state index in [9.17, 15) is 5.11 Å². The molecule has 2 atom stereocenters. The second-order valence-corrected chi connectivity index (χ2v) is 9.34. The maximum atomic E-state index is 11.0. The van der Waals surface area contributed by atoms with Crippen molar-refractivity contribution in [3.8, 4) is 11.5 Å². The van der Waals surface area contributed by atoms with Crippen molar-refractivity contribution in [3.05, 3.63) is 35.7 Å². The summed E-state index contributed by atoms with van der Waals surface area (Å²) >= 11 is 0. The first-order valence-electron chi connectivity index (χ1n) is 12.0.